The molecule has 1 aromatic heterocycles. The Morgan fingerprint density at radius 2 is 2.00 bits per heavy atom. The van der Waals surface area contributed by atoms with E-state index < -0.39 is 18.0 Å². The Bertz CT molecular complexity index is 815. The molecule has 150 valence electrons. The molecule has 1 saturated carbocycles. The number of aliphatic hydroxyl groups is 1. The predicted molar refractivity (Wildman–Crippen MR) is 100 cm³/mol. The Kier molecular flexibility index (Phi) is 4.49. The number of nitrogens with zero attached hydrogens (tertiary/aromatic N) is 4. The van der Waals surface area contributed by atoms with Crippen molar-refractivity contribution in [1.82, 2.24) is 30.6 Å². The van der Waals surface area contributed by atoms with E-state index >= 15 is 0 Å². The van der Waals surface area contributed by atoms with Crippen molar-refractivity contribution in [2.24, 2.45) is 5.41 Å². The quantitative estimate of drug-likeness (QED) is 0.662. The van der Waals surface area contributed by atoms with E-state index in [4.69, 9.17) is 0 Å². The van der Waals surface area contributed by atoms with E-state index in [-0.39, 0.29) is 29.0 Å². The van der Waals surface area contributed by atoms with Crippen LogP contribution in [0.5, 0.6) is 0 Å². The van der Waals surface area contributed by atoms with Crippen molar-refractivity contribution in [1.29, 1.82) is 0 Å². The maximum Gasteiger partial charge on any atom is 0.280 e. The third-order valence-corrected chi connectivity index (χ3v) is 5.09. The number of hydrazine groups is 1. The fraction of sp³-hybridized carbons (Fsp3) is 0.579. The number of nitrogens with one attached hydrogen (secondary N) is 2. The summed E-state index contributed by atoms with van der Waals surface area (Å²) in [6, 6.07) is -0.0913. The van der Waals surface area contributed by atoms with Gasteiger partial charge in [-0.05, 0) is 18.3 Å². The average molecular weight is 386 g/mol. The third kappa shape index (κ3) is 3.54. The van der Waals surface area contributed by atoms with E-state index in [1.165, 1.54) is 11.3 Å². The zero-order chi connectivity index (χ0) is 20.1. The van der Waals surface area contributed by atoms with Crippen LogP contribution in [0.25, 0.3) is 0 Å². The summed E-state index contributed by atoms with van der Waals surface area (Å²) in [5.74, 6) is -1.27. The van der Waals surface area contributed by atoms with E-state index in [1.807, 2.05) is 0 Å². The molecular weight excluding hydrogens is 360 g/mol. The second kappa shape index (κ2) is 6.73. The van der Waals surface area contributed by atoms with Crippen LogP contribution in [0.15, 0.2) is 30.2 Å². The molecule has 3 N–H and O–H groups in total. The zero-order valence-electron chi connectivity index (χ0n) is 16.3. The molecule has 2 unspecified atom stereocenters. The predicted octanol–water partition coefficient (Wildman–Crippen LogP) is 0.991. The summed E-state index contributed by atoms with van der Waals surface area (Å²) in [7, 11) is 0. The fourth-order valence-electron chi connectivity index (χ4n) is 3.66. The minimum absolute atomic E-state index is 0.0927. The first-order valence-electron chi connectivity index (χ1n) is 9.60. The van der Waals surface area contributed by atoms with Gasteiger partial charge in [-0.15, -0.1) is 0 Å². The molecular formula is C19H26N6O3. The van der Waals surface area contributed by atoms with Crippen LogP contribution in [0.4, 0.5) is 0 Å². The van der Waals surface area contributed by atoms with Gasteiger partial charge < -0.3 is 15.3 Å². The summed E-state index contributed by atoms with van der Waals surface area (Å²) >= 11 is 0. The molecule has 1 aliphatic carbocycles. The van der Waals surface area contributed by atoms with Gasteiger partial charge in [0.25, 0.3) is 11.8 Å². The van der Waals surface area contributed by atoms with Crippen molar-refractivity contribution in [3.8, 4) is 0 Å². The summed E-state index contributed by atoms with van der Waals surface area (Å²) in [5.41, 5.74) is 3.69. The molecule has 2 atom stereocenters. The number of rotatable bonds is 4. The van der Waals surface area contributed by atoms with Gasteiger partial charge in [0.15, 0.2) is 5.57 Å². The lowest BCUT2D eigenvalue weighted by Gasteiger charge is -2.42. The van der Waals surface area contributed by atoms with Crippen molar-refractivity contribution in [2.45, 2.75) is 58.3 Å². The second-order valence-corrected chi connectivity index (χ2v) is 8.88. The van der Waals surface area contributed by atoms with Gasteiger partial charge in [0.05, 0.1) is 6.04 Å². The van der Waals surface area contributed by atoms with Crippen LogP contribution < -0.4 is 10.7 Å². The van der Waals surface area contributed by atoms with Gasteiger partial charge in [-0.3, -0.25) is 9.59 Å². The molecule has 9 nitrogen and oxygen atoms in total. The number of aromatic nitrogens is 2. The maximum absolute atomic E-state index is 13.1. The number of amides is 2. The molecule has 9 heteroatoms. The third-order valence-electron chi connectivity index (χ3n) is 5.09. The highest BCUT2D eigenvalue weighted by Crippen LogP contribution is 2.37. The molecule has 2 amide bonds. The second-order valence-electron chi connectivity index (χ2n) is 8.88. The van der Waals surface area contributed by atoms with Gasteiger partial charge in [-0.2, -0.15) is 0 Å². The minimum Gasteiger partial charge on any atom is -0.494 e. The number of fused-ring (bicyclic) bond motifs is 1. The van der Waals surface area contributed by atoms with E-state index in [0.717, 1.165) is 18.4 Å². The zero-order valence-corrected chi connectivity index (χ0v) is 16.3. The Labute approximate surface area is 163 Å². The summed E-state index contributed by atoms with van der Waals surface area (Å²) in [4.78, 5) is 35.6. The van der Waals surface area contributed by atoms with E-state index in [1.54, 1.807) is 17.3 Å². The van der Waals surface area contributed by atoms with Crippen molar-refractivity contribution in [2.75, 3.05) is 6.54 Å². The first kappa shape index (κ1) is 18.7. The monoisotopic (exact) mass is 386 g/mol. The normalized spacial score (nSPS) is 25.2. The van der Waals surface area contributed by atoms with Crippen LogP contribution in [0.2, 0.25) is 0 Å². The van der Waals surface area contributed by atoms with Crippen molar-refractivity contribution in [3.05, 3.63) is 35.7 Å². The molecule has 3 heterocycles. The number of hydrogen-bond donors (Lipinski definition) is 3. The number of aliphatic hydroxyl groups excluding tert-OH is 1. The Morgan fingerprint density at radius 3 is 2.61 bits per heavy atom. The van der Waals surface area contributed by atoms with Crippen molar-refractivity contribution < 1.29 is 14.7 Å². The Hall–Kier alpha value is -2.68. The summed E-state index contributed by atoms with van der Waals surface area (Å²) in [6.45, 7) is 6.65. The molecule has 0 bridgehead atoms. The van der Waals surface area contributed by atoms with Gasteiger partial charge >= 0.3 is 0 Å². The number of carbonyl (C=O) groups is 2. The lowest BCUT2D eigenvalue weighted by atomic mass is 9.94. The van der Waals surface area contributed by atoms with Crippen LogP contribution in [-0.2, 0) is 9.59 Å². The van der Waals surface area contributed by atoms with Crippen LogP contribution in [0.1, 0.15) is 51.6 Å². The first-order chi connectivity index (χ1) is 13.2. The van der Waals surface area contributed by atoms with Crippen LogP contribution in [0, 0.1) is 5.41 Å². The first-order valence-corrected chi connectivity index (χ1v) is 9.60. The Balaban J connectivity index is 1.67. The van der Waals surface area contributed by atoms with Crippen molar-refractivity contribution in [3.63, 3.8) is 0 Å². The highest BCUT2D eigenvalue weighted by atomic mass is 16.3. The lowest BCUT2D eigenvalue weighted by molar-refractivity contribution is -0.142. The standard InChI is InChI=1S/C19H26N6O3/c1-19(2,3)9-24-14-6-13(11-7-20-10-21-8-11)23-25(14)18(28)15(17(24)27)16(26)22-12-4-5-12/h7-8,10,12-14,23,27H,4-6,9H2,1-3H3,(H,22,26). The van der Waals surface area contributed by atoms with Crippen molar-refractivity contribution >= 4 is 11.8 Å². The highest BCUT2D eigenvalue weighted by Gasteiger charge is 2.49. The van der Waals surface area contributed by atoms with Gasteiger partial charge in [0, 0.05) is 37.0 Å². The minimum atomic E-state index is -0.518. The van der Waals surface area contributed by atoms with Gasteiger partial charge in [0.2, 0.25) is 5.88 Å². The largest absolute Gasteiger partial charge is 0.494 e. The molecule has 1 aromatic rings. The molecule has 0 radical (unpaired) electrons. The summed E-state index contributed by atoms with van der Waals surface area (Å²) < 4.78 is 0. The summed E-state index contributed by atoms with van der Waals surface area (Å²) in [5, 5.41) is 15.2. The van der Waals surface area contributed by atoms with Gasteiger partial charge in [-0.1, -0.05) is 20.8 Å². The average Bonchev–Trinajstić information content (AvgIpc) is 3.32. The molecule has 0 spiro atoms. The van der Waals surface area contributed by atoms with Crippen LogP contribution in [0.3, 0.4) is 0 Å². The highest BCUT2D eigenvalue weighted by molar-refractivity contribution is 6.19. The summed E-state index contributed by atoms with van der Waals surface area (Å²) in [6.07, 6.45) is 6.83. The molecule has 3 aliphatic rings. The SMILES string of the molecule is CC(C)(C)CN1C(O)=C(C(=O)NC2CC2)C(=O)N2NC(c3cncnc3)CC12. The van der Waals surface area contributed by atoms with Crippen LogP contribution >= 0.6 is 0 Å². The van der Waals surface area contributed by atoms with E-state index in [0.29, 0.717) is 13.0 Å². The molecule has 2 aliphatic heterocycles. The number of hydrogen-bond acceptors (Lipinski definition) is 7. The maximum atomic E-state index is 13.1. The van der Waals surface area contributed by atoms with E-state index in [2.05, 4.69) is 41.5 Å². The topological polar surface area (TPSA) is 111 Å². The number of carbonyl (C=O) groups excluding carboxylic acids is 2. The molecule has 4 rings (SSSR count). The Morgan fingerprint density at radius 1 is 1.32 bits per heavy atom. The molecule has 0 aromatic carbocycles. The van der Waals surface area contributed by atoms with E-state index in [9.17, 15) is 14.7 Å². The molecule has 1 saturated heterocycles. The lowest BCUT2D eigenvalue weighted by Crippen LogP contribution is -2.58. The molecule has 28 heavy (non-hydrogen) atoms. The molecule has 2 fully saturated rings. The van der Waals surface area contributed by atoms with Gasteiger partial charge in [0.1, 0.15) is 12.5 Å². The van der Waals surface area contributed by atoms with Crippen LogP contribution in [-0.4, -0.2) is 55.6 Å². The fourth-order valence-corrected chi connectivity index (χ4v) is 3.66. The van der Waals surface area contributed by atoms with Gasteiger partial charge in [-0.25, -0.2) is 20.4 Å². The smallest absolute Gasteiger partial charge is 0.280 e.